The quantitative estimate of drug-likeness (QED) is 0.594. The molecule has 162 valence electrons. The molecule has 8 heteroatoms. The third-order valence-corrected chi connectivity index (χ3v) is 5.49. The van der Waals surface area contributed by atoms with Crippen molar-refractivity contribution in [3.05, 3.63) is 47.3 Å². The van der Waals surface area contributed by atoms with Gasteiger partial charge in [0, 0.05) is 24.2 Å². The molecule has 1 atom stereocenters. The molecule has 1 aromatic heterocycles. The first-order chi connectivity index (χ1) is 14.9. The van der Waals surface area contributed by atoms with E-state index in [1.807, 2.05) is 32.0 Å². The number of hydrogen-bond acceptors (Lipinski definition) is 7. The molecule has 0 unspecified atom stereocenters. The van der Waals surface area contributed by atoms with E-state index in [4.69, 9.17) is 18.7 Å². The van der Waals surface area contributed by atoms with Crippen LogP contribution in [0.2, 0.25) is 0 Å². The highest BCUT2D eigenvalue weighted by molar-refractivity contribution is 5.97. The fourth-order valence-corrected chi connectivity index (χ4v) is 3.84. The van der Waals surface area contributed by atoms with Crippen molar-refractivity contribution in [3.63, 3.8) is 0 Å². The van der Waals surface area contributed by atoms with Crippen LogP contribution in [0.1, 0.15) is 29.4 Å². The SMILES string of the molecule is COc1cc(-c2noc([C@@H]3CC(=O)N(c4cc(C)ccc4C)C3)n2)cc(OC)c1OC. The number of anilines is 1. The van der Waals surface area contributed by atoms with Crippen molar-refractivity contribution in [2.45, 2.75) is 26.2 Å². The molecule has 1 aliphatic heterocycles. The van der Waals surface area contributed by atoms with Crippen molar-refractivity contribution >= 4 is 11.6 Å². The van der Waals surface area contributed by atoms with Crippen LogP contribution in [0.15, 0.2) is 34.9 Å². The van der Waals surface area contributed by atoms with Crippen molar-refractivity contribution in [1.82, 2.24) is 10.1 Å². The fraction of sp³-hybridized carbons (Fsp3) is 0.348. The molecule has 2 heterocycles. The highest BCUT2D eigenvalue weighted by atomic mass is 16.5. The van der Waals surface area contributed by atoms with E-state index in [0.717, 1.165) is 16.8 Å². The normalized spacial score (nSPS) is 16.0. The van der Waals surface area contributed by atoms with Gasteiger partial charge in [0.15, 0.2) is 11.5 Å². The van der Waals surface area contributed by atoms with Crippen LogP contribution in [-0.4, -0.2) is 43.9 Å². The Morgan fingerprint density at radius 1 is 1.03 bits per heavy atom. The van der Waals surface area contributed by atoms with E-state index in [1.54, 1.807) is 38.4 Å². The van der Waals surface area contributed by atoms with Crippen LogP contribution in [0.4, 0.5) is 5.69 Å². The van der Waals surface area contributed by atoms with Crippen LogP contribution in [0.3, 0.4) is 0 Å². The summed E-state index contributed by atoms with van der Waals surface area (Å²) in [6.07, 6.45) is 0.324. The Labute approximate surface area is 180 Å². The number of ether oxygens (including phenoxy) is 3. The van der Waals surface area contributed by atoms with Gasteiger partial charge in [-0.25, -0.2) is 0 Å². The molecule has 2 aromatic carbocycles. The smallest absolute Gasteiger partial charge is 0.232 e. The van der Waals surface area contributed by atoms with E-state index in [1.165, 1.54) is 0 Å². The number of amides is 1. The average molecular weight is 423 g/mol. The van der Waals surface area contributed by atoms with E-state index in [9.17, 15) is 4.79 Å². The lowest BCUT2D eigenvalue weighted by Gasteiger charge is -2.19. The maximum atomic E-state index is 12.7. The zero-order chi connectivity index (χ0) is 22.1. The molecule has 1 saturated heterocycles. The van der Waals surface area contributed by atoms with E-state index < -0.39 is 0 Å². The first-order valence-electron chi connectivity index (χ1n) is 9.96. The van der Waals surface area contributed by atoms with Crippen LogP contribution in [-0.2, 0) is 4.79 Å². The van der Waals surface area contributed by atoms with E-state index in [-0.39, 0.29) is 11.8 Å². The number of nitrogens with zero attached hydrogens (tertiary/aromatic N) is 3. The molecule has 0 bridgehead atoms. The Balaban J connectivity index is 1.61. The molecule has 1 fully saturated rings. The topological polar surface area (TPSA) is 86.9 Å². The van der Waals surface area contributed by atoms with Gasteiger partial charge in [-0.2, -0.15) is 4.98 Å². The molecule has 31 heavy (non-hydrogen) atoms. The molecule has 0 spiro atoms. The lowest BCUT2D eigenvalue weighted by molar-refractivity contribution is -0.117. The molecular weight excluding hydrogens is 398 g/mol. The van der Waals surface area contributed by atoms with Gasteiger partial charge in [0.25, 0.3) is 0 Å². The molecule has 8 nitrogen and oxygen atoms in total. The van der Waals surface area contributed by atoms with Crippen molar-refractivity contribution < 1.29 is 23.5 Å². The number of methoxy groups -OCH3 is 3. The highest BCUT2D eigenvalue weighted by Gasteiger charge is 2.36. The molecule has 0 saturated carbocycles. The average Bonchev–Trinajstić information content (AvgIpc) is 3.41. The highest BCUT2D eigenvalue weighted by Crippen LogP contribution is 2.41. The summed E-state index contributed by atoms with van der Waals surface area (Å²) in [4.78, 5) is 19.1. The van der Waals surface area contributed by atoms with Crippen LogP contribution < -0.4 is 19.1 Å². The minimum atomic E-state index is -0.171. The molecule has 0 aliphatic carbocycles. The van der Waals surface area contributed by atoms with E-state index in [2.05, 4.69) is 10.1 Å². The zero-order valence-electron chi connectivity index (χ0n) is 18.3. The standard InChI is InChI=1S/C23H25N3O5/c1-13-6-7-14(2)17(8-13)26-12-16(11-20(26)27)23-24-22(25-31-23)15-9-18(28-3)21(30-5)19(10-15)29-4/h6-10,16H,11-12H2,1-5H3/t16-/m1/s1. The third-order valence-electron chi connectivity index (χ3n) is 5.49. The summed E-state index contributed by atoms with van der Waals surface area (Å²) in [7, 11) is 4.65. The van der Waals surface area contributed by atoms with E-state index >= 15 is 0 Å². The second-order valence-corrected chi connectivity index (χ2v) is 7.57. The summed E-state index contributed by atoms with van der Waals surface area (Å²) >= 11 is 0. The first kappa shape index (κ1) is 20.7. The maximum absolute atomic E-state index is 12.7. The lowest BCUT2D eigenvalue weighted by atomic mass is 10.1. The Morgan fingerprint density at radius 3 is 2.39 bits per heavy atom. The fourth-order valence-electron chi connectivity index (χ4n) is 3.84. The number of aryl methyl sites for hydroxylation is 2. The number of hydrogen-bond donors (Lipinski definition) is 0. The van der Waals surface area contributed by atoms with Gasteiger partial charge in [0.05, 0.1) is 27.2 Å². The van der Waals surface area contributed by atoms with Gasteiger partial charge in [0.2, 0.25) is 23.4 Å². The Morgan fingerprint density at radius 2 is 1.74 bits per heavy atom. The number of benzene rings is 2. The molecule has 3 aromatic rings. The summed E-state index contributed by atoms with van der Waals surface area (Å²) < 4.78 is 21.7. The van der Waals surface area contributed by atoms with Gasteiger partial charge in [-0.3, -0.25) is 4.79 Å². The maximum Gasteiger partial charge on any atom is 0.232 e. The van der Waals surface area contributed by atoms with Gasteiger partial charge < -0.3 is 23.6 Å². The van der Waals surface area contributed by atoms with Gasteiger partial charge in [-0.15, -0.1) is 0 Å². The monoisotopic (exact) mass is 423 g/mol. The number of carbonyl (C=O) groups is 1. The second kappa shape index (κ2) is 8.29. The van der Waals surface area contributed by atoms with Gasteiger partial charge in [-0.05, 0) is 43.2 Å². The third kappa shape index (κ3) is 3.81. The molecule has 0 N–H and O–H groups in total. The van der Waals surface area contributed by atoms with Crippen LogP contribution in [0.5, 0.6) is 17.2 Å². The summed E-state index contributed by atoms with van der Waals surface area (Å²) in [5, 5.41) is 4.12. The lowest BCUT2D eigenvalue weighted by Crippen LogP contribution is -2.25. The van der Waals surface area contributed by atoms with Gasteiger partial charge in [-0.1, -0.05) is 17.3 Å². The van der Waals surface area contributed by atoms with Crippen LogP contribution in [0.25, 0.3) is 11.4 Å². The Kier molecular flexibility index (Phi) is 5.54. The minimum Gasteiger partial charge on any atom is -0.493 e. The Bertz CT molecular complexity index is 1100. The summed E-state index contributed by atoms with van der Waals surface area (Å²) in [6.45, 7) is 4.52. The molecular formula is C23H25N3O5. The molecule has 1 amide bonds. The number of carbonyl (C=O) groups excluding carboxylic acids is 1. The summed E-state index contributed by atoms with van der Waals surface area (Å²) in [6, 6.07) is 9.63. The molecule has 4 rings (SSSR count). The van der Waals surface area contributed by atoms with Gasteiger partial charge >= 0.3 is 0 Å². The zero-order valence-corrected chi connectivity index (χ0v) is 18.3. The molecule has 1 aliphatic rings. The van der Waals surface area contributed by atoms with Crippen molar-refractivity contribution in [3.8, 4) is 28.6 Å². The Hall–Kier alpha value is -3.55. The van der Waals surface area contributed by atoms with Crippen molar-refractivity contribution in [2.75, 3.05) is 32.8 Å². The predicted octanol–water partition coefficient (Wildman–Crippen LogP) is 3.90. The van der Waals surface area contributed by atoms with Gasteiger partial charge in [0.1, 0.15) is 0 Å². The predicted molar refractivity (Wildman–Crippen MR) is 115 cm³/mol. The van der Waals surface area contributed by atoms with Crippen molar-refractivity contribution in [2.24, 2.45) is 0 Å². The first-order valence-corrected chi connectivity index (χ1v) is 9.96. The summed E-state index contributed by atoms with van der Waals surface area (Å²) in [5.74, 6) is 2.20. The minimum absolute atomic E-state index is 0.0474. The second-order valence-electron chi connectivity index (χ2n) is 7.57. The summed E-state index contributed by atoms with van der Waals surface area (Å²) in [5.41, 5.74) is 3.76. The molecule has 0 radical (unpaired) electrons. The van der Waals surface area contributed by atoms with E-state index in [0.29, 0.717) is 47.5 Å². The van der Waals surface area contributed by atoms with Crippen LogP contribution >= 0.6 is 0 Å². The number of rotatable bonds is 6. The van der Waals surface area contributed by atoms with Crippen molar-refractivity contribution in [1.29, 1.82) is 0 Å². The number of aromatic nitrogens is 2. The van der Waals surface area contributed by atoms with Crippen LogP contribution in [0, 0.1) is 13.8 Å². The largest absolute Gasteiger partial charge is 0.493 e.